The number of nitro groups is 1. The number of benzene rings is 1. The van der Waals surface area contributed by atoms with Crippen molar-refractivity contribution in [3.63, 3.8) is 0 Å². The lowest BCUT2D eigenvalue weighted by Gasteiger charge is -2.14. The van der Waals surface area contributed by atoms with Gasteiger partial charge in [-0.1, -0.05) is 6.07 Å². The van der Waals surface area contributed by atoms with Crippen LogP contribution in [-0.2, 0) is 4.79 Å². The Balaban J connectivity index is 2.43. The first-order valence-electron chi connectivity index (χ1n) is 5.56. The predicted octanol–water partition coefficient (Wildman–Crippen LogP) is 3.80. The Morgan fingerprint density at radius 2 is 2.24 bits per heavy atom. The van der Waals surface area contributed by atoms with Crippen molar-refractivity contribution in [1.29, 1.82) is 0 Å². The van der Waals surface area contributed by atoms with Gasteiger partial charge in [0, 0.05) is 17.0 Å². The second kappa shape index (κ2) is 6.19. The first-order valence-corrected chi connectivity index (χ1v) is 7.23. The van der Waals surface area contributed by atoms with Crippen LogP contribution in [-0.4, -0.2) is 16.0 Å². The van der Waals surface area contributed by atoms with Crippen molar-refractivity contribution in [3.8, 4) is 0 Å². The third-order valence-electron chi connectivity index (χ3n) is 2.61. The normalized spacial score (nSPS) is 11.9. The molecule has 0 aliphatic rings. The van der Waals surface area contributed by atoms with E-state index in [2.05, 4.69) is 21.2 Å². The van der Waals surface area contributed by atoms with Crippen molar-refractivity contribution in [2.24, 2.45) is 0 Å². The summed E-state index contributed by atoms with van der Waals surface area (Å²) in [4.78, 5) is 22.1. The summed E-state index contributed by atoms with van der Waals surface area (Å²) in [6, 6.07) is 3.94. The SMILES string of the molecule is O=C(O)C(Nc1cc(F)c(Br)cc1[N+](=O)[O-])c1cccs1. The zero-order valence-corrected chi connectivity index (χ0v) is 12.6. The molecular formula is C12H8BrFN2O4S. The van der Waals surface area contributed by atoms with Gasteiger partial charge in [-0.25, -0.2) is 9.18 Å². The molecule has 1 heterocycles. The fourth-order valence-electron chi connectivity index (χ4n) is 1.67. The molecule has 6 nitrogen and oxygen atoms in total. The number of nitrogens with zero attached hydrogens (tertiary/aromatic N) is 1. The van der Waals surface area contributed by atoms with Crippen LogP contribution >= 0.6 is 27.3 Å². The topological polar surface area (TPSA) is 92.5 Å². The molecule has 2 N–H and O–H groups in total. The lowest BCUT2D eigenvalue weighted by Crippen LogP contribution is -2.20. The Bertz CT molecular complexity index is 693. The van der Waals surface area contributed by atoms with E-state index in [1.165, 1.54) is 11.3 Å². The van der Waals surface area contributed by atoms with Gasteiger partial charge in [0.1, 0.15) is 11.5 Å². The third kappa shape index (κ3) is 3.37. The molecular weight excluding hydrogens is 367 g/mol. The molecule has 0 saturated carbocycles. The molecule has 0 aliphatic heterocycles. The third-order valence-corrected chi connectivity index (χ3v) is 4.15. The van der Waals surface area contributed by atoms with Gasteiger partial charge in [-0.3, -0.25) is 10.1 Å². The number of nitro benzene ring substituents is 1. The Labute approximate surface area is 130 Å². The number of anilines is 1. The lowest BCUT2D eigenvalue weighted by molar-refractivity contribution is -0.384. The summed E-state index contributed by atoms with van der Waals surface area (Å²) in [7, 11) is 0. The molecule has 110 valence electrons. The van der Waals surface area contributed by atoms with E-state index in [-0.39, 0.29) is 10.2 Å². The summed E-state index contributed by atoms with van der Waals surface area (Å²) in [5, 5.41) is 24.4. The van der Waals surface area contributed by atoms with Gasteiger partial charge in [-0.05, 0) is 27.4 Å². The fourth-order valence-corrected chi connectivity index (χ4v) is 2.77. The second-order valence-electron chi connectivity index (χ2n) is 3.97. The summed E-state index contributed by atoms with van der Waals surface area (Å²) < 4.78 is 13.5. The predicted molar refractivity (Wildman–Crippen MR) is 79.1 cm³/mol. The molecule has 9 heteroatoms. The molecule has 0 saturated heterocycles. The molecule has 2 aromatic rings. The number of thiophene rings is 1. The Hall–Kier alpha value is -2.00. The molecule has 2 rings (SSSR count). The van der Waals surface area contributed by atoms with Gasteiger partial charge in [-0.2, -0.15) is 0 Å². The molecule has 0 amide bonds. The molecule has 1 unspecified atom stereocenters. The highest BCUT2D eigenvalue weighted by Gasteiger charge is 2.25. The summed E-state index contributed by atoms with van der Waals surface area (Å²) in [6.45, 7) is 0. The number of carboxylic acid groups (broad SMARTS) is 1. The molecule has 0 radical (unpaired) electrons. The Morgan fingerprint density at radius 1 is 1.52 bits per heavy atom. The largest absolute Gasteiger partial charge is 0.479 e. The van der Waals surface area contributed by atoms with Crippen LogP contribution < -0.4 is 5.32 Å². The molecule has 1 atom stereocenters. The average molecular weight is 375 g/mol. The standard InChI is InChI=1S/C12H8BrFN2O4S/c13-6-4-9(16(19)20)8(5-7(6)14)15-11(12(17)18)10-2-1-3-21-10/h1-5,11,15H,(H,17,18). The number of hydrogen-bond donors (Lipinski definition) is 2. The molecule has 1 aromatic carbocycles. The molecule has 1 aromatic heterocycles. The molecule has 0 fully saturated rings. The van der Waals surface area contributed by atoms with Crippen LogP contribution in [0.25, 0.3) is 0 Å². The van der Waals surface area contributed by atoms with Crippen LogP contribution in [0.15, 0.2) is 34.1 Å². The van der Waals surface area contributed by atoms with Crippen molar-refractivity contribution >= 4 is 44.6 Å². The zero-order valence-electron chi connectivity index (χ0n) is 10.2. The van der Waals surface area contributed by atoms with Gasteiger partial charge >= 0.3 is 5.97 Å². The minimum atomic E-state index is -1.21. The summed E-state index contributed by atoms with van der Waals surface area (Å²) >= 11 is 4.04. The van der Waals surface area contributed by atoms with Gasteiger partial charge in [0.05, 0.1) is 9.40 Å². The zero-order chi connectivity index (χ0) is 15.6. The first kappa shape index (κ1) is 15.4. The quantitative estimate of drug-likeness (QED) is 0.613. The average Bonchev–Trinajstić information content (AvgIpc) is 2.92. The van der Waals surface area contributed by atoms with Gasteiger partial charge < -0.3 is 10.4 Å². The number of carbonyl (C=O) groups is 1. The summed E-state index contributed by atoms with van der Waals surface area (Å²) in [6.07, 6.45) is 0. The maximum atomic E-state index is 13.6. The van der Waals surface area contributed by atoms with Crippen molar-refractivity contribution in [2.45, 2.75) is 6.04 Å². The van der Waals surface area contributed by atoms with Crippen LogP contribution in [0.4, 0.5) is 15.8 Å². The van der Waals surface area contributed by atoms with E-state index in [4.69, 9.17) is 0 Å². The fraction of sp³-hybridized carbons (Fsp3) is 0.0833. The number of nitrogens with one attached hydrogen (secondary N) is 1. The molecule has 0 spiro atoms. The van der Waals surface area contributed by atoms with Crippen LogP contribution in [0.2, 0.25) is 0 Å². The minimum absolute atomic E-state index is 0.0669. The maximum absolute atomic E-state index is 13.6. The van der Waals surface area contributed by atoms with E-state index in [0.29, 0.717) is 4.88 Å². The van der Waals surface area contributed by atoms with E-state index >= 15 is 0 Å². The number of carboxylic acids is 1. The minimum Gasteiger partial charge on any atom is -0.479 e. The summed E-state index contributed by atoms with van der Waals surface area (Å²) in [5.74, 6) is -1.94. The van der Waals surface area contributed by atoms with Crippen LogP contribution in [0.1, 0.15) is 10.9 Å². The lowest BCUT2D eigenvalue weighted by atomic mass is 10.2. The van der Waals surface area contributed by atoms with E-state index in [0.717, 1.165) is 12.1 Å². The second-order valence-corrected chi connectivity index (χ2v) is 5.81. The smallest absolute Gasteiger partial charge is 0.331 e. The van der Waals surface area contributed by atoms with Gasteiger partial charge in [-0.15, -0.1) is 11.3 Å². The number of rotatable bonds is 5. The highest BCUT2D eigenvalue weighted by molar-refractivity contribution is 9.10. The Morgan fingerprint density at radius 3 is 2.76 bits per heavy atom. The summed E-state index contributed by atoms with van der Waals surface area (Å²) in [5.41, 5.74) is -0.604. The first-order chi connectivity index (χ1) is 9.90. The maximum Gasteiger partial charge on any atom is 0.331 e. The molecule has 0 bridgehead atoms. The van der Waals surface area contributed by atoms with Gasteiger partial charge in [0.25, 0.3) is 5.69 Å². The van der Waals surface area contributed by atoms with E-state index in [1.807, 2.05) is 0 Å². The van der Waals surface area contributed by atoms with Crippen molar-refractivity contribution in [1.82, 2.24) is 0 Å². The van der Waals surface area contributed by atoms with Crippen molar-refractivity contribution in [2.75, 3.05) is 5.32 Å². The molecule has 21 heavy (non-hydrogen) atoms. The Kier molecular flexibility index (Phi) is 4.53. The van der Waals surface area contributed by atoms with Crippen molar-refractivity contribution in [3.05, 3.63) is 54.9 Å². The van der Waals surface area contributed by atoms with Crippen LogP contribution in [0.5, 0.6) is 0 Å². The van der Waals surface area contributed by atoms with Crippen LogP contribution in [0, 0.1) is 15.9 Å². The van der Waals surface area contributed by atoms with E-state index in [1.54, 1.807) is 17.5 Å². The molecule has 0 aliphatic carbocycles. The van der Waals surface area contributed by atoms with Crippen molar-refractivity contribution < 1.29 is 19.2 Å². The number of aliphatic carboxylic acids is 1. The van der Waals surface area contributed by atoms with Crippen LogP contribution in [0.3, 0.4) is 0 Å². The monoisotopic (exact) mass is 374 g/mol. The highest BCUT2D eigenvalue weighted by atomic mass is 79.9. The highest BCUT2D eigenvalue weighted by Crippen LogP contribution is 2.33. The van der Waals surface area contributed by atoms with Gasteiger partial charge in [0.2, 0.25) is 0 Å². The van der Waals surface area contributed by atoms with E-state index < -0.39 is 28.4 Å². The van der Waals surface area contributed by atoms with E-state index in [9.17, 15) is 24.4 Å². The number of halogens is 2. The number of hydrogen-bond acceptors (Lipinski definition) is 5. The van der Waals surface area contributed by atoms with Gasteiger partial charge in [0.15, 0.2) is 6.04 Å².